The molecule has 1 aliphatic heterocycles. The number of thiazole rings is 1. The number of hydrogen-bond acceptors (Lipinski definition) is 6. The van der Waals surface area contributed by atoms with Crippen LogP contribution in [0, 0.1) is 5.92 Å². The summed E-state index contributed by atoms with van der Waals surface area (Å²) in [5, 5.41) is 12.2. The molecule has 1 saturated heterocycles. The van der Waals surface area contributed by atoms with Crippen LogP contribution < -0.4 is 9.47 Å². The molecule has 1 unspecified atom stereocenters. The maximum Gasteiger partial charge on any atom is 0.307 e. The zero-order valence-corrected chi connectivity index (χ0v) is 15.9. The first kappa shape index (κ1) is 18.7. The van der Waals surface area contributed by atoms with Crippen LogP contribution in [-0.4, -0.2) is 47.8 Å². The van der Waals surface area contributed by atoms with E-state index < -0.39 is 5.97 Å². The third kappa shape index (κ3) is 4.34. The molecule has 0 aliphatic carbocycles. The van der Waals surface area contributed by atoms with Crippen molar-refractivity contribution in [3.63, 3.8) is 0 Å². The van der Waals surface area contributed by atoms with Crippen LogP contribution in [-0.2, 0) is 11.3 Å². The molecule has 6 nitrogen and oxygen atoms in total. The number of piperidine rings is 1. The Balaban J connectivity index is 1.70. The zero-order chi connectivity index (χ0) is 18.5. The number of carboxylic acids is 1. The standard InChI is InChI=1S/C19H24N2O4S/c1-3-25-16-7-6-13(9-17(16)24-2)18-20-15(12-26-18)11-21-8-4-5-14(10-21)19(22)23/h6-7,9,12,14H,3-5,8,10-11H2,1-2H3,(H,22,23). The van der Waals surface area contributed by atoms with Gasteiger partial charge in [-0.25, -0.2) is 4.98 Å². The summed E-state index contributed by atoms with van der Waals surface area (Å²) in [6.07, 6.45) is 1.68. The van der Waals surface area contributed by atoms with Gasteiger partial charge in [-0.05, 0) is 44.5 Å². The van der Waals surface area contributed by atoms with Crippen LogP contribution in [0.25, 0.3) is 10.6 Å². The third-order valence-corrected chi connectivity index (χ3v) is 5.44. The quantitative estimate of drug-likeness (QED) is 0.797. The Morgan fingerprint density at radius 1 is 1.42 bits per heavy atom. The lowest BCUT2D eigenvalue weighted by Gasteiger charge is -2.29. The van der Waals surface area contributed by atoms with Crippen LogP contribution in [0.2, 0.25) is 0 Å². The molecule has 140 valence electrons. The minimum atomic E-state index is -0.699. The summed E-state index contributed by atoms with van der Waals surface area (Å²) >= 11 is 1.59. The summed E-state index contributed by atoms with van der Waals surface area (Å²) in [5.41, 5.74) is 1.97. The van der Waals surface area contributed by atoms with Gasteiger partial charge in [0.1, 0.15) is 5.01 Å². The summed E-state index contributed by atoms with van der Waals surface area (Å²) < 4.78 is 11.0. The number of hydrogen-bond donors (Lipinski definition) is 1. The van der Waals surface area contributed by atoms with Crippen molar-refractivity contribution in [3.8, 4) is 22.1 Å². The molecule has 3 rings (SSSR count). The molecule has 26 heavy (non-hydrogen) atoms. The predicted octanol–water partition coefficient (Wildman–Crippen LogP) is 3.51. The van der Waals surface area contributed by atoms with Crippen molar-refractivity contribution in [1.82, 2.24) is 9.88 Å². The molecule has 2 heterocycles. The molecule has 1 atom stereocenters. The van der Waals surface area contributed by atoms with Gasteiger partial charge in [0, 0.05) is 24.0 Å². The number of nitrogens with zero attached hydrogens (tertiary/aromatic N) is 2. The number of methoxy groups -OCH3 is 1. The number of carbonyl (C=O) groups is 1. The fraction of sp³-hybridized carbons (Fsp3) is 0.474. The topological polar surface area (TPSA) is 71.9 Å². The number of aliphatic carboxylic acids is 1. The summed E-state index contributed by atoms with van der Waals surface area (Å²) in [6, 6.07) is 5.83. The van der Waals surface area contributed by atoms with E-state index in [9.17, 15) is 9.90 Å². The van der Waals surface area contributed by atoms with Crippen LogP contribution in [0.5, 0.6) is 11.5 Å². The molecule has 1 N–H and O–H groups in total. The van der Waals surface area contributed by atoms with Crippen LogP contribution >= 0.6 is 11.3 Å². The lowest BCUT2D eigenvalue weighted by molar-refractivity contribution is -0.143. The first-order valence-corrected chi connectivity index (χ1v) is 9.69. The minimum absolute atomic E-state index is 0.266. The average molecular weight is 376 g/mol. The normalized spacial score (nSPS) is 17.8. The Morgan fingerprint density at radius 2 is 2.27 bits per heavy atom. The second kappa shape index (κ2) is 8.51. The predicted molar refractivity (Wildman–Crippen MR) is 101 cm³/mol. The molecule has 0 spiro atoms. The van der Waals surface area contributed by atoms with Crippen LogP contribution in [0.3, 0.4) is 0 Å². The highest BCUT2D eigenvalue weighted by atomic mass is 32.1. The first-order valence-electron chi connectivity index (χ1n) is 8.81. The molecule has 0 amide bonds. The number of benzene rings is 1. The lowest BCUT2D eigenvalue weighted by Crippen LogP contribution is -2.38. The highest BCUT2D eigenvalue weighted by Gasteiger charge is 2.25. The molecule has 1 aromatic carbocycles. The second-order valence-corrected chi connectivity index (χ2v) is 7.21. The van der Waals surface area contributed by atoms with Crippen molar-refractivity contribution in [3.05, 3.63) is 29.3 Å². The van der Waals surface area contributed by atoms with E-state index >= 15 is 0 Å². The van der Waals surface area contributed by atoms with Crippen molar-refractivity contribution in [2.24, 2.45) is 5.92 Å². The van der Waals surface area contributed by atoms with E-state index in [4.69, 9.17) is 14.5 Å². The fourth-order valence-corrected chi connectivity index (χ4v) is 4.03. The summed E-state index contributed by atoms with van der Waals surface area (Å²) in [7, 11) is 1.63. The monoisotopic (exact) mass is 376 g/mol. The summed E-state index contributed by atoms with van der Waals surface area (Å²) in [6.45, 7) is 4.74. The number of likely N-dealkylation sites (tertiary alicyclic amines) is 1. The summed E-state index contributed by atoms with van der Waals surface area (Å²) in [5.74, 6) is 0.456. The molecule has 1 aliphatic rings. The molecule has 0 bridgehead atoms. The number of ether oxygens (including phenoxy) is 2. The number of aromatic nitrogens is 1. The van der Waals surface area contributed by atoms with E-state index in [0.717, 1.165) is 41.4 Å². The minimum Gasteiger partial charge on any atom is -0.493 e. The third-order valence-electron chi connectivity index (χ3n) is 4.50. The SMILES string of the molecule is CCOc1ccc(-c2nc(CN3CCCC(C(=O)O)C3)cs2)cc1OC. The van der Waals surface area contributed by atoms with Gasteiger partial charge in [0.2, 0.25) is 0 Å². The second-order valence-electron chi connectivity index (χ2n) is 6.36. The molecular weight excluding hydrogens is 352 g/mol. The fourth-order valence-electron chi connectivity index (χ4n) is 3.22. The van der Waals surface area contributed by atoms with Gasteiger partial charge in [0.05, 0.1) is 25.3 Å². The highest BCUT2D eigenvalue weighted by molar-refractivity contribution is 7.13. The van der Waals surface area contributed by atoms with Gasteiger partial charge in [0.15, 0.2) is 11.5 Å². The zero-order valence-electron chi connectivity index (χ0n) is 15.1. The van der Waals surface area contributed by atoms with Crippen molar-refractivity contribution in [1.29, 1.82) is 0 Å². The van der Waals surface area contributed by atoms with Crippen molar-refractivity contribution < 1.29 is 19.4 Å². The van der Waals surface area contributed by atoms with Gasteiger partial charge in [-0.3, -0.25) is 9.69 Å². The molecule has 2 aromatic rings. The average Bonchev–Trinajstić information content (AvgIpc) is 3.11. The van der Waals surface area contributed by atoms with Crippen molar-refractivity contribution >= 4 is 17.3 Å². The van der Waals surface area contributed by atoms with Gasteiger partial charge in [-0.2, -0.15) is 0 Å². The Morgan fingerprint density at radius 3 is 3.00 bits per heavy atom. The van der Waals surface area contributed by atoms with Gasteiger partial charge < -0.3 is 14.6 Å². The molecule has 0 saturated carbocycles. The highest BCUT2D eigenvalue weighted by Crippen LogP contribution is 2.34. The van der Waals surface area contributed by atoms with Gasteiger partial charge in [0.25, 0.3) is 0 Å². The van der Waals surface area contributed by atoms with E-state index in [0.29, 0.717) is 25.4 Å². The lowest BCUT2D eigenvalue weighted by atomic mass is 9.98. The number of carboxylic acid groups (broad SMARTS) is 1. The van der Waals surface area contributed by atoms with Crippen LogP contribution in [0.1, 0.15) is 25.5 Å². The Labute approximate surface area is 157 Å². The Hall–Kier alpha value is -2.12. The molecule has 1 fully saturated rings. The van der Waals surface area contributed by atoms with E-state index in [1.807, 2.05) is 30.5 Å². The van der Waals surface area contributed by atoms with Crippen LogP contribution in [0.4, 0.5) is 0 Å². The number of rotatable bonds is 7. The van der Waals surface area contributed by atoms with Gasteiger partial charge in [-0.1, -0.05) is 0 Å². The van der Waals surface area contributed by atoms with Gasteiger partial charge >= 0.3 is 5.97 Å². The van der Waals surface area contributed by atoms with E-state index in [2.05, 4.69) is 4.90 Å². The van der Waals surface area contributed by atoms with Crippen molar-refractivity contribution in [2.75, 3.05) is 26.8 Å². The smallest absolute Gasteiger partial charge is 0.307 e. The van der Waals surface area contributed by atoms with Crippen LogP contribution in [0.15, 0.2) is 23.6 Å². The largest absolute Gasteiger partial charge is 0.493 e. The van der Waals surface area contributed by atoms with Crippen molar-refractivity contribution in [2.45, 2.75) is 26.3 Å². The van der Waals surface area contributed by atoms with E-state index in [1.54, 1.807) is 18.4 Å². The molecule has 1 aromatic heterocycles. The Kier molecular flexibility index (Phi) is 6.11. The molecule has 7 heteroatoms. The molecule has 0 radical (unpaired) electrons. The first-order chi connectivity index (χ1) is 12.6. The maximum atomic E-state index is 11.2. The maximum absolute atomic E-state index is 11.2. The Bertz CT molecular complexity index is 762. The van der Waals surface area contributed by atoms with Gasteiger partial charge in [-0.15, -0.1) is 11.3 Å². The molecular formula is C19H24N2O4S. The van der Waals surface area contributed by atoms with E-state index in [1.165, 1.54) is 0 Å². The van der Waals surface area contributed by atoms with E-state index in [-0.39, 0.29) is 5.92 Å². The summed E-state index contributed by atoms with van der Waals surface area (Å²) in [4.78, 5) is 18.1.